The lowest BCUT2D eigenvalue weighted by molar-refractivity contribution is -0.389. The Labute approximate surface area is 109 Å². The molecule has 0 spiro atoms. The molecule has 0 aliphatic heterocycles. The highest BCUT2D eigenvalue weighted by molar-refractivity contribution is 6.02. The van der Waals surface area contributed by atoms with Crippen molar-refractivity contribution in [1.29, 1.82) is 0 Å². The summed E-state index contributed by atoms with van der Waals surface area (Å²) in [6.07, 6.45) is 2.32. The fourth-order valence-corrected chi connectivity index (χ4v) is 1.32. The number of hydrogen-bond donors (Lipinski definition) is 0. The quantitative estimate of drug-likeness (QED) is 0.329. The number of carbonyl (C=O) groups excluding carboxylic acids is 2. The number of aromatic nitrogens is 2. The molecular weight excluding hydrogens is 254 g/mol. The summed E-state index contributed by atoms with van der Waals surface area (Å²) < 4.78 is 6.08. The molecule has 0 atom stereocenters. The second-order valence-electron chi connectivity index (χ2n) is 4.43. The second kappa shape index (κ2) is 5.59. The third kappa shape index (κ3) is 3.36. The molecule has 1 aromatic rings. The van der Waals surface area contributed by atoms with Gasteiger partial charge in [0.15, 0.2) is 5.78 Å². The summed E-state index contributed by atoms with van der Waals surface area (Å²) in [6, 6.07) is 0. The van der Waals surface area contributed by atoms with Gasteiger partial charge in [-0.3, -0.25) is 9.59 Å². The first-order valence-corrected chi connectivity index (χ1v) is 5.65. The van der Waals surface area contributed by atoms with E-state index in [-0.39, 0.29) is 19.0 Å². The predicted molar refractivity (Wildman–Crippen MR) is 64.3 cm³/mol. The Morgan fingerprint density at radius 3 is 2.63 bits per heavy atom. The summed E-state index contributed by atoms with van der Waals surface area (Å²) in [5, 5.41) is 10.5. The fraction of sp³-hybridized carbons (Fsp3) is 0.545. The number of esters is 1. The molecule has 104 valence electrons. The molecule has 0 radical (unpaired) electrons. The molecule has 0 fully saturated rings. The molecule has 1 rings (SSSR count). The number of nitro groups is 1. The molecule has 0 N–H and O–H groups in total. The number of hydrogen-bond acceptors (Lipinski definition) is 6. The molecule has 1 aromatic heterocycles. The summed E-state index contributed by atoms with van der Waals surface area (Å²) in [5.74, 6) is -1.37. The molecule has 0 amide bonds. The summed E-state index contributed by atoms with van der Waals surface area (Å²) >= 11 is 0. The summed E-state index contributed by atoms with van der Waals surface area (Å²) in [5.41, 5.74) is -1.30. The van der Waals surface area contributed by atoms with Gasteiger partial charge in [0.25, 0.3) is 0 Å². The maximum absolute atomic E-state index is 12.0. The molecule has 0 bridgehead atoms. The second-order valence-corrected chi connectivity index (χ2v) is 4.43. The maximum Gasteiger partial charge on any atom is 0.381 e. The maximum atomic E-state index is 12.0. The van der Waals surface area contributed by atoms with Gasteiger partial charge in [0.05, 0.1) is 13.2 Å². The highest BCUT2D eigenvalue weighted by Crippen LogP contribution is 2.20. The zero-order valence-corrected chi connectivity index (χ0v) is 11.0. The van der Waals surface area contributed by atoms with Crippen LogP contribution >= 0.6 is 0 Å². The van der Waals surface area contributed by atoms with Gasteiger partial charge in [0.1, 0.15) is 11.6 Å². The SMILES string of the molecule is CCOC(=O)C(C)(C)C(=O)Cn1cnc([N+](=O)[O-])c1. The first-order valence-electron chi connectivity index (χ1n) is 5.65. The Kier molecular flexibility index (Phi) is 4.36. The van der Waals surface area contributed by atoms with Crippen molar-refractivity contribution in [3.63, 3.8) is 0 Å². The Bertz CT molecular complexity index is 506. The van der Waals surface area contributed by atoms with Crippen molar-refractivity contribution in [3.05, 3.63) is 22.6 Å². The standard InChI is InChI=1S/C11H15N3O5/c1-4-19-10(16)11(2,3)8(15)5-13-6-9(12-7-13)14(17)18/h6-7H,4-5H2,1-3H3. The average Bonchev–Trinajstić information content (AvgIpc) is 2.77. The Hall–Kier alpha value is -2.25. The van der Waals surface area contributed by atoms with Gasteiger partial charge in [0, 0.05) is 0 Å². The van der Waals surface area contributed by atoms with Crippen molar-refractivity contribution in [2.75, 3.05) is 6.61 Å². The molecule has 0 saturated carbocycles. The monoisotopic (exact) mass is 269 g/mol. The minimum absolute atomic E-state index is 0.174. The molecule has 0 saturated heterocycles. The zero-order chi connectivity index (χ0) is 14.6. The molecule has 1 heterocycles. The van der Waals surface area contributed by atoms with Crippen molar-refractivity contribution in [1.82, 2.24) is 9.55 Å². The molecule has 8 heteroatoms. The number of ether oxygens (including phenoxy) is 1. The van der Waals surface area contributed by atoms with Crippen molar-refractivity contribution in [3.8, 4) is 0 Å². The van der Waals surface area contributed by atoms with Crippen molar-refractivity contribution in [2.24, 2.45) is 5.41 Å². The predicted octanol–water partition coefficient (Wildman–Crippen LogP) is 0.950. The number of rotatable bonds is 6. The number of carbonyl (C=O) groups is 2. The first-order chi connectivity index (χ1) is 8.78. The smallest absolute Gasteiger partial charge is 0.381 e. The lowest BCUT2D eigenvalue weighted by Gasteiger charge is -2.20. The largest absolute Gasteiger partial charge is 0.465 e. The van der Waals surface area contributed by atoms with E-state index in [9.17, 15) is 19.7 Å². The lowest BCUT2D eigenvalue weighted by Crippen LogP contribution is -2.37. The molecular formula is C11H15N3O5. The van der Waals surface area contributed by atoms with Crippen LogP contribution < -0.4 is 0 Å². The molecule has 0 aromatic carbocycles. The van der Waals surface area contributed by atoms with Crippen LogP contribution in [0.1, 0.15) is 20.8 Å². The molecule has 8 nitrogen and oxygen atoms in total. The summed E-state index contributed by atoms with van der Waals surface area (Å²) in [4.78, 5) is 37.0. The van der Waals surface area contributed by atoms with E-state index in [1.165, 1.54) is 24.7 Å². The first kappa shape index (κ1) is 14.8. The highest BCUT2D eigenvalue weighted by atomic mass is 16.6. The average molecular weight is 269 g/mol. The van der Waals surface area contributed by atoms with Crippen LogP contribution in [0.2, 0.25) is 0 Å². The third-order valence-electron chi connectivity index (χ3n) is 2.62. The Balaban J connectivity index is 2.78. The fourth-order valence-electron chi connectivity index (χ4n) is 1.32. The highest BCUT2D eigenvalue weighted by Gasteiger charge is 2.37. The van der Waals surface area contributed by atoms with Crippen LogP contribution in [-0.4, -0.2) is 32.8 Å². The van der Waals surface area contributed by atoms with Crippen molar-refractivity contribution >= 4 is 17.6 Å². The van der Waals surface area contributed by atoms with E-state index in [0.717, 1.165) is 6.20 Å². The number of imidazole rings is 1. The van der Waals surface area contributed by atoms with Crippen LogP contribution in [0, 0.1) is 15.5 Å². The van der Waals surface area contributed by atoms with Gasteiger partial charge in [-0.05, 0) is 30.7 Å². The normalized spacial score (nSPS) is 11.1. The van der Waals surface area contributed by atoms with E-state index in [4.69, 9.17) is 4.74 Å². The van der Waals surface area contributed by atoms with Gasteiger partial charge in [-0.2, -0.15) is 0 Å². The molecule has 19 heavy (non-hydrogen) atoms. The van der Waals surface area contributed by atoms with E-state index >= 15 is 0 Å². The van der Waals surface area contributed by atoms with Gasteiger partial charge in [-0.15, -0.1) is 0 Å². The minimum Gasteiger partial charge on any atom is -0.465 e. The van der Waals surface area contributed by atoms with Crippen LogP contribution in [0.15, 0.2) is 12.5 Å². The van der Waals surface area contributed by atoms with E-state index in [0.29, 0.717) is 0 Å². The Morgan fingerprint density at radius 1 is 1.53 bits per heavy atom. The van der Waals surface area contributed by atoms with Gasteiger partial charge >= 0.3 is 11.8 Å². The number of ketones is 1. The van der Waals surface area contributed by atoms with Crippen molar-refractivity contribution in [2.45, 2.75) is 27.3 Å². The van der Waals surface area contributed by atoms with Gasteiger partial charge < -0.3 is 19.4 Å². The van der Waals surface area contributed by atoms with E-state index in [2.05, 4.69) is 4.98 Å². The van der Waals surface area contributed by atoms with Crippen LogP contribution in [-0.2, 0) is 20.9 Å². The van der Waals surface area contributed by atoms with E-state index < -0.39 is 22.1 Å². The Morgan fingerprint density at radius 2 is 2.16 bits per heavy atom. The summed E-state index contributed by atoms with van der Waals surface area (Å²) in [7, 11) is 0. The number of nitrogens with zero attached hydrogens (tertiary/aromatic N) is 3. The molecule has 0 unspecified atom stereocenters. The third-order valence-corrected chi connectivity index (χ3v) is 2.62. The molecule has 0 aliphatic rings. The minimum atomic E-state index is -1.30. The zero-order valence-electron chi connectivity index (χ0n) is 11.0. The van der Waals surface area contributed by atoms with Crippen molar-refractivity contribution < 1.29 is 19.2 Å². The van der Waals surface area contributed by atoms with Gasteiger partial charge in [-0.1, -0.05) is 0 Å². The van der Waals surface area contributed by atoms with Crippen LogP contribution in [0.3, 0.4) is 0 Å². The summed E-state index contributed by atoms with van der Waals surface area (Å²) in [6.45, 7) is 4.58. The van der Waals surface area contributed by atoms with Gasteiger partial charge in [-0.25, -0.2) is 0 Å². The van der Waals surface area contributed by atoms with Crippen LogP contribution in [0.5, 0.6) is 0 Å². The van der Waals surface area contributed by atoms with Crippen LogP contribution in [0.25, 0.3) is 0 Å². The topological polar surface area (TPSA) is 104 Å². The lowest BCUT2D eigenvalue weighted by atomic mass is 9.88. The van der Waals surface area contributed by atoms with E-state index in [1.807, 2.05) is 0 Å². The van der Waals surface area contributed by atoms with Gasteiger partial charge in [0.2, 0.25) is 6.33 Å². The van der Waals surface area contributed by atoms with Crippen LogP contribution in [0.4, 0.5) is 5.82 Å². The number of Topliss-reactive ketones (excluding diaryl/α,β-unsaturated/α-hetero) is 1. The van der Waals surface area contributed by atoms with E-state index in [1.54, 1.807) is 6.92 Å². The molecule has 0 aliphatic carbocycles.